The van der Waals surface area contributed by atoms with Crippen molar-refractivity contribution in [3.63, 3.8) is 0 Å². The Labute approximate surface area is 126 Å². The van der Waals surface area contributed by atoms with E-state index in [-0.39, 0.29) is 23.9 Å². The predicted octanol–water partition coefficient (Wildman–Crippen LogP) is 1.91. The summed E-state index contributed by atoms with van der Waals surface area (Å²) in [6.07, 6.45) is 0. The number of nitrogens with two attached hydrogens (primary N) is 1. The minimum atomic E-state index is -0.682. The lowest BCUT2D eigenvalue weighted by Crippen LogP contribution is -2.22. The number of benzene rings is 1. The molecule has 0 unspecified atom stereocenters. The van der Waals surface area contributed by atoms with Gasteiger partial charge in [-0.15, -0.1) is 5.10 Å². The highest BCUT2D eigenvalue weighted by molar-refractivity contribution is 5.55. The Hall–Kier alpha value is -2.85. The lowest BCUT2D eigenvalue weighted by molar-refractivity contribution is 0.180. The predicted molar refractivity (Wildman–Crippen MR) is 75.0 cm³/mol. The lowest BCUT2D eigenvalue weighted by atomic mass is 9.84. The van der Waals surface area contributed by atoms with Gasteiger partial charge in [0.05, 0.1) is 23.8 Å². The number of rotatable bonds is 3. The summed E-state index contributed by atoms with van der Waals surface area (Å²) in [6, 6.07) is 8.25. The molecule has 2 aromatic rings. The van der Waals surface area contributed by atoms with E-state index in [1.807, 2.05) is 6.07 Å². The maximum atomic E-state index is 14.3. The molecule has 0 saturated heterocycles. The zero-order chi connectivity index (χ0) is 15.7. The Balaban J connectivity index is 2.24. The molecule has 1 aromatic carbocycles. The standard InChI is InChI=1S/C15H13FN4O2/c1-21-7-11-13-12(8-4-2-3-5-10(8)16)9(6-17)14(18)22-15(13)20-19-11/h2-5,12H,7,18H2,1H3,(H,19,20)/t12-/m1/s1. The van der Waals surface area contributed by atoms with Crippen LogP contribution in [0.1, 0.15) is 22.7 Å². The topological polar surface area (TPSA) is 97.0 Å². The SMILES string of the molecule is COCc1[nH]nc2c1[C@H](c1ccccc1F)C(C#N)=C(N)O2. The van der Waals surface area contributed by atoms with E-state index in [2.05, 4.69) is 10.2 Å². The van der Waals surface area contributed by atoms with Gasteiger partial charge >= 0.3 is 0 Å². The summed E-state index contributed by atoms with van der Waals surface area (Å²) in [5.74, 6) is -0.945. The number of hydrogen-bond acceptors (Lipinski definition) is 5. The van der Waals surface area contributed by atoms with Crippen molar-refractivity contribution in [2.24, 2.45) is 5.73 Å². The first-order valence-corrected chi connectivity index (χ1v) is 6.55. The van der Waals surface area contributed by atoms with Crippen molar-refractivity contribution in [1.82, 2.24) is 10.2 Å². The number of aromatic nitrogens is 2. The molecule has 7 heteroatoms. The zero-order valence-electron chi connectivity index (χ0n) is 11.8. The molecule has 0 saturated carbocycles. The molecule has 2 heterocycles. The number of hydrogen-bond donors (Lipinski definition) is 2. The summed E-state index contributed by atoms with van der Waals surface area (Å²) in [6.45, 7) is 0.231. The molecule has 0 fully saturated rings. The van der Waals surface area contributed by atoms with Crippen LogP contribution in [-0.4, -0.2) is 17.3 Å². The zero-order valence-corrected chi connectivity index (χ0v) is 11.8. The molecule has 0 bridgehead atoms. The third kappa shape index (κ3) is 2.10. The summed E-state index contributed by atoms with van der Waals surface area (Å²) in [5.41, 5.74) is 7.46. The van der Waals surface area contributed by atoms with Crippen molar-refractivity contribution in [2.45, 2.75) is 12.5 Å². The van der Waals surface area contributed by atoms with Crippen molar-refractivity contribution in [1.29, 1.82) is 5.26 Å². The second-order valence-electron chi connectivity index (χ2n) is 4.80. The van der Waals surface area contributed by atoms with Crippen LogP contribution < -0.4 is 10.5 Å². The molecule has 1 atom stereocenters. The van der Waals surface area contributed by atoms with Crippen molar-refractivity contribution in [3.05, 3.63) is 58.4 Å². The van der Waals surface area contributed by atoms with Crippen LogP contribution in [0.4, 0.5) is 4.39 Å². The van der Waals surface area contributed by atoms with Crippen molar-refractivity contribution >= 4 is 0 Å². The molecule has 22 heavy (non-hydrogen) atoms. The molecule has 0 spiro atoms. The molecule has 1 aliphatic heterocycles. The third-order valence-corrected chi connectivity index (χ3v) is 3.52. The molecule has 0 radical (unpaired) electrons. The van der Waals surface area contributed by atoms with Crippen molar-refractivity contribution < 1.29 is 13.9 Å². The summed E-state index contributed by atoms with van der Waals surface area (Å²) in [4.78, 5) is 0. The van der Waals surface area contributed by atoms with Gasteiger partial charge in [-0.25, -0.2) is 4.39 Å². The van der Waals surface area contributed by atoms with E-state index in [1.54, 1.807) is 18.2 Å². The fourth-order valence-electron chi connectivity index (χ4n) is 2.58. The smallest absolute Gasteiger partial charge is 0.244 e. The average molecular weight is 300 g/mol. The molecular weight excluding hydrogens is 287 g/mol. The summed E-state index contributed by atoms with van der Waals surface area (Å²) in [5, 5.41) is 16.2. The van der Waals surface area contributed by atoms with Gasteiger partial charge in [0.2, 0.25) is 11.8 Å². The molecule has 0 amide bonds. The Morgan fingerprint density at radius 1 is 1.50 bits per heavy atom. The van der Waals surface area contributed by atoms with E-state index in [4.69, 9.17) is 15.2 Å². The normalized spacial score (nSPS) is 16.9. The number of ether oxygens (including phenoxy) is 2. The molecule has 112 valence electrons. The second kappa shape index (κ2) is 5.50. The van der Waals surface area contributed by atoms with Crippen molar-refractivity contribution in [3.8, 4) is 11.9 Å². The lowest BCUT2D eigenvalue weighted by Gasteiger charge is -2.24. The van der Waals surface area contributed by atoms with E-state index in [0.29, 0.717) is 16.8 Å². The largest absolute Gasteiger partial charge is 0.420 e. The second-order valence-corrected chi connectivity index (χ2v) is 4.80. The van der Waals surface area contributed by atoms with Crippen LogP contribution in [0.25, 0.3) is 0 Å². The highest BCUT2D eigenvalue weighted by atomic mass is 19.1. The fraction of sp³-hybridized carbons (Fsp3) is 0.200. The van der Waals surface area contributed by atoms with E-state index in [9.17, 15) is 9.65 Å². The van der Waals surface area contributed by atoms with Gasteiger partial charge in [-0.2, -0.15) is 5.26 Å². The van der Waals surface area contributed by atoms with Crippen LogP contribution >= 0.6 is 0 Å². The van der Waals surface area contributed by atoms with E-state index in [1.165, 1.54) is 13.2 Å². The van der Waals surface area contributed by atoms with E-state index < -0.39 is 11.7 Å². The highest BCUT2D eigenvalue weighted by Gasteiger charge is 2.36. The Bertz CT molecular complexity index is 791. The van der Waals surface area contributed by atoms with Crippen molar-refractivity contribution in [2.75, 3.05) is 7.11 Å². The number of nitrogens with one attached hydrogen (secondary N) is 1. The summed E-state index contributed by atoms with van der Waals surface area (Å²) in [7, 11) is 1.53. The van der Waals surface area contributed by atoms with E-state index >= 15 is 0 Å². The van der Waals surface area contributed by atoms with Gasteiger partial charge in [-0.05, 0) is 6.07 Å². The Morgan fingerprint density at radius 2 is 2.27 bits per heavy atom. The number of H-pyrrole nitrogens is 1. The van der Waals surface area contributed by atoms with Gasteiger partial charge in [-0.3, -0.25) is 5.10 Å². The van der Waals surface area contributed by atoms with Gasteiger partial charge in [0.15, 0.2) is 0 Å². The first kappa shape index (κ1) is 14.1. The molecule has 6 nitrogen and oxygen atoms in total. The molecular formula is C15H13FN4O2. The third-order valence-electron chi connectivity index (χ3n) is 3.52. The van der Waals surface area contributed by atoms with Crippen LogP contribution in [0.2, 0.25) is 0 Å². The summed E-state index contributed by atoms with van der Waals surface area (Å²) >= 11 is 0. The number of aromatic amines is 1. The molecule has 3 N–H and O–H groups in total. The van der Waals surface area contributed by atoms with Crippen LogP contribution in [0, 0.1) is 17.1 Å². The van der Waals surface area contributed by atoms with Crippen LogP contribution in [0.5, 0.6) is 5.88 Å². The minimum absolute atomic E-state index is 0.0706. The first-order valence-electron chi connectivity index (χ1n) is 6.55. The molecule has 1 aromatic heterocycles. The highest BCUT2D eigenvalue weighted by Crippen LogP contribution is 2.43. The molecule has 1 aliphatic rings. The fourth-order valence-corrected chi connectivity index (χ4v) is 2.58. The Kier molecular flexibility index (Phi) is 3.53. The summed E-state index contributed by atoms with van der Waals surface area (Å²) < 4.78 is 24.7. The number of fused-ring (bicyclic) bond motifs is 1. The monoisotopic (exact) mass is 300 g/mol. The number of nitriles is 1. The quantitative estimate of drug-likeness (QED) is 0.902. The Morgan fingerprint density at radius 3 is 2.95 bits per heavy atom. The van der Waals surface area contributed by atoms with Gasteiger partial charge < -0.3 is 15.2 Å². The average Bonchev–Trinajstić information content (AvgIpc) is 2.89. The molecule has 0 aliphatic carbocycles. The van der Waals surface area contributed by atoms with Crippen LogP contribution in [0.15, 0.2) is 35.7 Å². The first-order chi connectivity index (χ1) is 10.7. The van der Waals surface area contributed by atoms with Gasteiger partial charge in [-0.1, -0.05) is 18.2 Å². The van der Waals surface area contributed by atoms with Gasteiger partial charge in [0.25, 0.3) is 0 Å². The number of allylic oxidation sites excluding steroid dienone is 1. The van der Waals surface area contributed by atoms with Gasteiger partial charge in [0, 0.05) is 12.7 Å². The van der Waals surface area contributed by atoms with Crippen LogP contribution in [0.3, 0.4) is 0 Å². The number of nitrogens with zero attached hydrogens (tertiary/aromatic N) is 2. The number of halogens is 1. The van der Waals surface area contributed by atoms with E-state index in [0.717, 1.165) is 0 Å². The van der Waals surface area contributed by atoms with Crippen LogP contribution in [-0.2, 0) is 11.3 Å². The number of methoxy groups -OCH3 is 1. The maximum Gasteiger partial charge on any atom is 0.244 e. The molecule has 3 rings (SSSR count). The minimum Gasteiger partial charge on any atom is -0.420 e. The van der Waals surface area contributed by atoms with Gasteiger partial charge in [0.1, 0.15) is 17.5 Å². The maximum absolute atomic E-state index is 14.3.